The average Bonchev–Trinajstić information content (AvgIpc) is 3.12. The highest BCUT2D eigenvalue weighted by atomic mass is 35.5. The van der Waals surface area contributed by atoms with Gasteiger partial charge in [0.15, 0.2) is 11.2 Å². The molecule has 8 nitrogen and oxygen atoms in total. The molecule has 0 unspecified atom stereocenters. The minimum atomic E-state index is -0.451. The molecule has 0 saturated carbocycles. The number of nitrogens with zero attached hydrogens (tertiary/aromatic N) is 5. The molecule has 1 aliphatic rings. The molecule has 1 aliphatic heterocycles. The fourth-order valence-corrected chi connectivity index (χ4v) is 4.32. The maximum atomic E-state index is 12.7. The molecule has 164 valence electrons. The van der Waals surface area contributed by atoms with Crippen molar-refractivity contribution in [3.05, 3.63) is 50.0 Å². The van der Waals surface area contributed by atoms with Crippen molar-refractivity contribution in [2.24, 2.45) is 5.41 Å². The fraction of sp³-hybridized carbons (Fsp3) is 0.476. The van der Waals surface area contributed by atoms with Crippen molar-refractivity contribution >= 4 is 40.3 Å². The van der Waals surface area contributed by atoms with Crippen LogP contribution in [0.2, 0.25) is 10.0 Å². The number of hydrogen-bond acceptors (Lipinski definition) is 5. The summed E-state index contributed by atoms with van der Waals surface area (Å²) in [5.74, 6) is 0.596. The van der Waals surface area contributed by atoms with E-state index >= 15 is 0 Å². The van der Waals surface area contributed by atoms with Crippen molar-refractivity contribution in [2.45, 2.75) is 46.1 Å². The molecule has 10 heteroatoms. The van der Waals surface area contributed by atoms with Crippen LogP contribution in [0, 0.1) is 5.41 Å². The highest BCUT2D eigenvalue weighted by molar-refractivity contribution is 6.35. The van der Waals surface area contributed by atoms with Crippen molar-refractivity contribution < 1.29 is 4.79 Å². The van der Waals surface area contributed by atoms with Crippen molar-refractivity contribution in [1.82, 2.24) is 29.9 Å². The number of aromatic amines is 1. The van der Waals surface area contributed by atoms with Gasteiger partial charge in [0.2, 0.25) is 5.91 Å². The maximum absolute atomic E-state index is 12.7. The van der Waals surface area contributed by atoms with Gasteiger partial charge in [0, 0.05) is 34.5 Å². The van der Waals surface area contributed by atoms with Crippen LogP contribution >= 0.6 is 23.2 Å². The molecular weight excluding hydrogens is 439 g/mol. The summed E-state index contributed by atoms with van der Waals surface area (Å²) in [4.78, 5) is 34.8. The first-order chi connectivity index (χ1) is 14.6. The SMILES string of the molecule is CC(C)(C)C(=O)N1CCC[C@H](c2nc3c(nnn3Cc3ccc(Cl)cc3Cl)c(=O)[nH]2)C1. The molecule has 0 bridgehead atoms. The summed E-state index contributed by atoms with van der Waals surface area (Å²) < 4.78 is 1.56. The Morgan fingerprint density at radius 3 is 2.77 bits per heavy atom. The Labute approximate surface area is 189 Å². The van der Waals surface area contributed by atoms with E-state index in [1.807, 2.05) is 31.7 Å². The van der Waals surface area contributed by atoms with Gasteiger partial charge in [-0.15, -0.1) is 5.10 Å². The Hall–Kier alpha value is -2.45. The van der Waals surface area contributed by atoms with Gasteiger partial charge in [-0.05, 0) is 30.5 Å². The molecule has 1 fully saturated rings. The Bertz CT molecular complexity index is 1200. The van der Waals surface area contributed by atoms with Crippen molar-refractivity contribution in [1.29, 1.82) is 0 Å². The number of halogens is 2. The molecule has 4 rings (SSSR count). The molecule has 31 heavy (non-hydrogen) atoms. The van der Waals surface area contributed by atoms with Crippen LogP contribution in [0.15, 0.2) is 23.0 Å². The second-order valence-electron chi connectivity index (χ2n) is 8.95. The van der Waals surface area contributed by atoms with E-state index in [1.165, 1.54) is 0 Å². The van der Waals surface area contributed by atoms with Crippen LogP contribution in [0.4, 0.5) is 0 Å². The minimum absolute atomic E-state index is 0.0559. The Morgan fingerprint density at radius 1 is 1.29 bits per heavy atom. The third-order valence-electron chi connectivity index (χ3n) is 5.46. The van der Waals surface area contributed by atoms with E-state index in [-0.39, 0.29) is 22.9 Å². The number of piperidine rings is 1. The van der Waals surface area contributed by atoms with Gasteiger partial charge in [-0.1, -0.05) is 55.3 Å². The fourth-order valence-electron chi connectivity index (χ4n) is 3.85. The van der Waals surface area contributed by atoms with Crippen LogP contribution in [0.25, 0.3) is 11.2 Å². The number of H-pyrrole nitrogens is 1. The first kappa shape index (κ1) is 21.8. The first-order valence-electron chi connectivity index (χ1n) is 10.2. The van der Waals surface area contributed by atoms with E-state index in [0.717, 1.165) is 18.4 Å². The number of amides is 1. The molecule has 2 aromatic heterocycles. The predicted molar refractivity (Wildman–Crippen MR) is 120 cm³/mol. The lowest BCUT2D eigenvalue weighted by atomic mass is 9.91. The van der Waals surface area contributed by atoms with Crippen molar-refractivity contribution in [2.75, 3.05) is 13.1 Å². The van der Waals surface area contributed by atoms with Gasteiger partial charge in [0.05, 0.1) is 6.54 Å². The van der Waals surface area contributed by atoms with Crippen molar-refractivity contribution in [3.63, 3.8) is 0 Å². The molecule has 3 aromatic rings. The zero-order valence-corrected chi connectivity index (χ0v) is 19.2. The van der Waals surface area contributed by atoms with Crippen molar-refractivity contribution in [3.8, 4) is 0 Å². The average molecular weight is 463 g/mol. The number of nitrogens with one attached hydrogen (secondary N) is 1. The molecule has 1 atom stereocenters. The molecule has 0 aliphatic carbocycles. The van der Waals surface area contributed by atoms with E-state index in [9.17, 15) is 9.59 Å². The molecule has 3 heterocycles. The summed E-state index contributed by atoms with van der Waals surface area (Å²) >= 11 is 12.3. The van der Waals surface area contributed by atoms with Gasteiger partial charge in [0.25, 0.3) is 5.56 Å². The van der Waals surface area contributed by atoms with E-state index in [4.69, 9.17) is 28.2 Å². The van der Waals surface area contributed by atoms with Crippen LogP contribution in [0.5, 0.6) is 0 Å². The smallest absolute Gasteiger partial charge is 0.281 e. The molecule has 1 saturated heterocycles. The minimum Gasteiger partial charge on any atom is -0.342 e. The second-order valence-corrected chi connectivity index (χ2v) is 9.79. The molecule has 0 spiro atoms. The van der Waals surface area contributed by atoms with Gasteiger partial charge < -0.3 is 9.88 Å². The molecule has 1 amide bonds. The number of carbonyl (C=O) groups is 1. The second kappa shape index (κ2) is 8.24. The summed E-state index contributed by atoms with van der Waals surface area (Å²) in [5, 5.41) is 9.15. The van der Waals surface area contributed by atoms with E-state index in [1.54, 1.807) is 16.8 Å². The first-order valence-corrected chi connectivity index (χ1v) is 11.0. The Balaban J connectivity index is 1.66. The van der Waals surface area contributed by atoms with Crippen LogP contribution in [-0.4, -0.2) is 48.9 Å². The topological polar surface area (TPSA) is 96.8 Å². The van der Waals surface area contributed by atoms with Gasteiger partial charge in [-0.2, -0.15) is 0 Å². The summed E-state index contributed by atoms with van der Waals surface area (Å²) in [7, 11) is 0. The normalized spacial score (nSPS) is 17.3. The number of aromatic nitrogens is 5. The van der Waals surface area contributed by atoms with Crippen LogP contribution in [0.1, 0.15) is 50.9 Å². The highest BCUT2D eigenvalue weighted by Crippen LogP contribution is 2.28. The predicted octanol–water partition coefficient (Wildman–Crippen LogP) is 3.62. The third kappa shape index (κ3) is 4.45. The highest BCUT2D eigenvalue weighted by Gasteiger charge is 2.32. The molecule has 1 N–H and O–H groups in total. The molecular formula is C21H24Cl2N6O2. The lowest BCUT2D eigenvalue weighted by Crippen LogP contribution is -2.45. The Kier molecular flexibility index (Phi) is 5.79. The zero-order chi connectivity index (χ0) is 22.3. The quantitative estimate of drug-likeness (QED) is 0.640. The largest absolute Gasteiger partial charge is 0.342 e. The molecule has 1 aromatic carbocycles. The standard InChI is InChI=1S/C21H24Cl2N6O2/c1-21(2,3)20(31)28-8-4-5-13(10-28)17-24-18-16(19(30)25-17)26-27-29(18)11-12-6-7-14(22)9-15(12)23/h6-7,9,13H,4-5,8,10-11H2,1-3H3,(H,24,25,30)/t13-/m0/s1. The van der Waals surface area contributed by atoms with E-state index in [0.29, 0.717) is 41.2 Å². The Morgan fingerprint density at radius 2 is 2.06 bits per heavy atom. The summed E-state index contributed by atoms with van der Waals surface area (Å²) in [6, 6.07) is 5.21. The number of benzene rings is 1. The number of carbonyl (C=O) groups excluding carboxylic acids is 1. The van der Waals surface area contributed by atoms with Gasteiger partial charge >= 0.3 is 0 Å². The lowest BCUT2D eigenvalue weighted by Gasteiger charge is -2.36. The summed E-state index contributed by atoms with van der Waals surface area (Å²) in [6.07, 6.45) is 1.69. The number of hydrogen-bond donors (Lipinski definition) is 1. The monoisotopic (exact) mass is 462 g/mol. The number of rotatable bonds is 3. The van der Waals surface area contributed by atoms with Gasteiger partial charge in [-0.25, -0.2) is 9.67 Å². The lowest BCUT2D eigenvalue weighted by molar-refractivity contribution is -0.140. The number of likely N-dealkylation sites (tertiary alicyclic amines) is 1. The van der Waals surface area contributed by atoms with Gasteiger partial charge in [-0.3, -0.25) is 9.59 Å². The molecule has 0 radical (unpaired) electrons. The van der Waals surface area contributed by atoms with Crippen LogP contribution in [-0.2, 0) is 11.3 Å². The van der Waals surface area contributed by atoms with Crippen LogP contribution in [0.3, 0.4) is 0 Å². The van der Waals surface area contributed by atoms with E-state index < -0.39 is 5.41 Å². The summed E-state index contributed by atoms with van der Waals surface area (Å²) in [6.45, 7) is 7.29. The number of fused-ring (bicyclic) bond motifs is 1. The zero-order valence-electron chi connectivity index (χ0n) is 17.7. The van der Waals surface area contributed by atoms with Crippen LogP contribution < -0.4 is 5.56 Å². The van der Waals surface area contributed by atoms with Gasteiger partial charge in [0.1, 0.15) is 5.82 Å². The maximum Gasteiger partial charge on any atom is 0.281 e. The van der Waals surface area contributed by atoms with E-state index in [2.05, 4.69) is 15.3 Å². The third-order valence-corrected chi connectivity index (χ3v) is 6.05. The summed E-state index contributed by atoms with van der Waals surface area (Å²) in [5.41, 5.74) is 0.567.